The molecule has 0 aliphatic carbocycles. The normalized spacial score (nSPS) is 12.4. The number of rotatable bonds is 19. The van der Waals surface area contributed by atoms with Crippen molar-refractivity contribution in [3.63, 3.8) is 0 Å². The summed E-state index contributed by atoms with van der Waals surface area (Å²) in [6, 6.07) is 0. The molecule has 1 unspecified atom stereocenters. The van der Waals surface area contributed by atoms with Gasteiger partial charge in [0.25, 0.3) is 0 Å². The first kappa shape index (κ1) is 25.7. The molecule has 158 valence electrons. The van der Waals surface area contributed by atoms with Crippen LogP contribution in [0, 0.1) is 0 Å². The van der Waals surface area contributed by atoms with Gasteiger partial charge in [-0.1, -0.05) is 71.3 Å². The van der Waals surface area contributed by atoms with Crippen LogP contribution in [0.1, 0.15) is 117 Å². The van der Waals surface area contributed by atoms with Crippen LogP contribution in [0.5, 0.6) is 0 Å². The molecule has 0 fully saturated rings. The highest BCUT2D eigenvalue weighted by Crippen LogP contribution is 2.14. The molecule has 0 saturated carbocycles. The van der Waals surface area contributed by atoms with E-state index in [4.69, 9.17) is 9.84 Å². The number of esters is 1. The second-order valence-electron chi connectivity index (χ2n) is 7.46. The van der Waals surface area contributed by atoms with E-state index in [1.165, 1.54) is 38.5 Å². The van der Waals surface area contributed by atoms with Crippen LogP contribution in [0.15, 0.2) is 12.2 Å². The fraction of sp³-hybridized carbons (Fsp3) is 0.826. The Morgan fingerprint density at radius 2 is 1.44 bits per heavy atom. The molecule has 1 N–H and O–H groups in total. The number of carbonyl (C=O) groups is 2. The summed E-state index contributed by atoms with van der Waals surface area (Å²) in [7, 11) is 0. The predicted molar refractivity (Wildman–Crippen MR) is 112 cm³/mol. The average molecular weight is 383 g/mol. The van der Waals surface area contributed by atoms with E-state index in [1.807, 2.05) is 0 Å². The molecule has 0 amide bonds. The second kappa shape index (κ2) is 19.4. The van der Waals surface area contributed by atoms with E-state index in [-0.39, 0.29) is 18.5 Å². The standard InChI is InChI=1S/C23H42O4/c1-3-5-7-8-9-10-11-14-17-21(27-23(26)20-6-4-2)18-15-12-13-16-19-22(24)25/h14,17,21H,3-13,15-16,18-20H2,1-2H3,(H,24,25)/b17-14-. The van der Waals surface area contributed by atoms with E-state index in [9.17, 15) is 9.59 Å². The Hall–Kier alpha value is -1.32. The molecule has 4 heteroatoms. The van der Waals surface area contributed by atoms with Gasteiger partial charge in [-0.05, 0) is 44.6 Å². The number of ether oxygens (including phenoxy) is 1. The summed E-state index contributed by atoms with van der Waals surface area (Å²) in [5.74, 6) is -0.827. The fourth-order valence-corrected chi connectivity index (χ4v) is 3.01. The van der Waals surface area contributed by atoms with Crippen LogP contribution in [-0.4, -0.2) is 23.1 Å². The van der Waals surface area contributed by atoms with E-state index in [1.54, 1.807) is 0 Å². The van der Waals surface area contributed by atoms with Crippen molar-refractivity contribution >= 4 is 11.9 Å². The number of hydrogen-bond acceptors (Lipinski definition) is 3. The summed E-state index contributed by atoms with van der Waals surface area (Å²) in [5, 5.41) is 8.66. The summed E-state index contributed by atoms with van der Waals surface area (Å²) in [4.78, 5) is 22.5. The average Bonchev–Trinajstić information content (AvgIpc) is 2.64. The largest absolute Gasteiger partial charge is 0.481 e. The summed E-state index contributed by atoms with van der Waals surface area (Å²) >= 11 is 0. The lowest BCUT2D eigenvalue weighted by molar-refractivity contribution is -0.147. The van der Waals surface area contributed by atoms with Gasteiger partial charge in [0.15, 0.2) is 0 Å². The van der Waals surface area contributed by atoms with Gasteiger partial charge in [0.2, 0.25) is 0 Å². The zero-order chi connectivity index (χ0) is 20.2. The van der Waals surface area contributed by atoms with Gasteiger partial charge >= 0.3 is 11.9 Å². The maximum atomic E-state index is 11.9. The Labute approximate surface area is 166 Å². The van der Waals surface area contributed by atoms with Gasteiger partial charge < -0.3 is 9.84 Å². The highest BCUT2D eigenvalue weighted by molar-refractivity contribution is 5.69. The third kappa shape index (κ3) is 19.3. The number of unbranched alkanes of at least 4 members (excludes halogenated alkanes) is 10. The second-order valence-corrected chi connectivity index (χ2v) is 7.46. The smallest absolute Gasteiger partial charge is 0.306 e. The molecule has 0 aliphatic heterocycles. The maximum absolute atomic E-state index is 11.9. The van der Waals surface area contributed by atoms with Crippen molar-refractivity contribution in [2.45, 2.75) is 123 Å². The molecule has 0 radical (unpaired) electrons. The molecule has 0 aromatic rings. The van der Waals surface area contributed by atoms with Crippen molar-refractivity contribution in [3.05, 3.63) is 12.2 Å². The van der Waals surface area contributed by atoms with Crippen LogP contribution < -0.4 is 0 Å². The van der Waals surface area contributed by atoms with Crippen molar-refractivity contribution in [1.29, 1.82) is 0 Å². The van der Waals surface area contributed by atoms with E-state index in [0.29, 0.717) is 6.42 Å². The first-order valence-electron chi connectivity index (χ1n) is 11.2. The third-order valence-electron chi connectivity index (χ3n) is 4.72. The van der Waals surface area contributed by atoms with Crippen molar-refractivity contribution in [2.24, 2.45) is 0 Å². The Morgan fingerprint density at radius 1 is 0.815 bits per heavy atom. The number of carboxylic acids is 1. The van der Waals surface area contributed by atoms with Crippen LogP contribution in [0.4, 0.5) is 0 Å². The van der Waals surface area contributed by atoms with Gasteiger partial charge in [-0.15, -0.1) is 0 Å². The maximum Gasteiger partial charge on any atom is 0.306 e. The number of hydrogen-bond donors (Lipinski definition) is 1. The molecule has 0 rings (SSSR count). The zero-order valence-electron chi connectivity index (χ0n) is 17.7. The number of aliphatic carboxylic acids is 1. The lowest BCUT2D eigenvalue weighted by Gasteiger charge is -2.14. The third-order valence-corrected chi connectivity index (χ3v) is 4.72. The zero-order valence-corrected chi connectivity index (χ0v) is 17.7. The van der Waals surface area contributed by atoms with Crippen molar-refractivity contribution < 1.29 is 19.4 Å². The molecule has 0 spiro atoms. The molecule has 0 aliphatic rings. The van der Waals surface area contributed by atoms with Crippen LogP contribution >= 0.6 is 0 Å². The Morgan fingerprint density at radius 3 is 2.15 bits per heavy atom. The van der Waals surface area contributed by atoms with Crippen LogP contribution in [-0.2, 0) is 14.3 Å². The van der Waals surface area contributed by atoms with Gasteiger partial charge in [-0.3, -0.25) is 9.59 Å². The first-order valence-corrected chi connectivity index (χ1v) is 11.2. The summed E-state index contributed by atoms with van der Waals surface area (Å²) in [6.45, 7) is 4.30. The topological polar surface area (TPSA) is 63.6 Å². The van der Waals surface area contributed by atoms with Crippen LogP contribution in [0.2, 0.25) is 0 Å². The van der Waals surface area contributed by atoms with Gasteiger partial charge in [0, 0.05) is 12.8 Å². The van der Waals surface area contributed by atoms with Crippen LogP contribution in [0.25, 0.3) is 0 Å². The van der Waals surface area contributed by atoms with E-state index < -0.39 is 5.97 Å². The Balaban J connectivity index is 4.09. The van der Waals surface area contributed by atoms with Crippen LogP contribution in [0.3, 0.4) is 0 Å². The molecule has 0 bridgehead atoms. The van der Waals surface area contributed by atoms with Gasteiger partial charge in [0.1, 0.15) is 6.10 Å². The predicted octanol–water partition coefficient (Wildman–Crippen LogP) is 6.82. The highest BCUT2D eigenvalue weighted by atomic mass is 16.5. The quantitative estimate of drug-likeness (QED) is 0.151. The monoisotopic (exact) mass is 382 g/mol. The molecule has 4 nitrogen and oxygen atoms in total. The van der Waals surface area contributed by atoms with E-state index in [0.717, 1.165) is 51.4 Å². The molecule has 0 aromatic carbocycles. The Kier molecular flexibility index (Phi) is 18.5. The molecule has 0 saturated heterocycles. The van der Waals surface area contributed by atoms with Gasteiger partial charge in [0.05, 0.1) is 0 Å². The lowest BCUT2D eigenvalue weighted by Crippen LogP contribution is -2.16. The molecule has 1 atom stereocenters. The van der Waals surface area contributed by atoms with E-state index in [2.05, 4.69) is 26.0 Å². The van der Waals surface area contributed by atoms with Gasteiger partial charge in [-0.25, -0.2) is 0 Å². The SMILES string of the molecule is CCCCCCCC/C=C\C(CCCCCCC(=O)O)OC(=O)CCCC. The summed E-state index contributed by atoms with van der Waals surface area (Å²) in [6.07, 6.45) is 19.9. The number of carboxylic acid groups (broad SMARTS) is 1. The van der Waals surface area contributed by atoms with Gasteiger partial charge in [-0.2, -0.15) is 0 Å². The minimum absolute atomic E-state index is 0.100. The summed E-state index contributed by atoms with van der Waals surface area (Å²) in [5.41, 5.74) is 0. The van der Waals surface area contributed by atoms with Crippen molar-refractivity contribution in [3.8, 4) is 0 Å². The van der Waals surface area contributed by atoms with Crippen molar-refractivity contribution in [2.75, 3.05) is 0 Å². The Bertz CT molecular complexity index is 390. The fourth-order valence-electron chi connectivity index (χ4n) is 3.01. The number of carbonyl (C=O) groups excluding carboxylic acids is 1. The number of allylic oxidation sites excluding steroid dienone is 1. The molecule has 0 aromatic heterocycles. The molecular formula is C23H42O4. The first-order chi connectivity index (χ1) is 13.1. The highest BCUT2D eigenvalue weighted by Gasteiger charge is 2.11. The molecule has 0 heterocycles. The molecule has 27 heavy (non-hydrogen) atoms. The van der Waals surface area contributed by atoms with Crippen molar-refractivity contribution in [1.82, 2.24) is 0 Å². The summed E-state index contributed by atoms with van der Waals surface area (Å²) < 4.78 is 5.64. The minimum atomic E-state index is -0.727. The molecular weight excluding hydrogens is 340 g/mol. The van der Waals surface area contributed by atoms with E-state index >= 15 is 0 Å². The minimum Gasteiger partial charge on any atom is -0.481 e. The lowest BCUT2D eigenvalue weighted by atomic mass is 10.1.